The molecule has 2 aromatic rings. The summed E-state index contributed by atoms with van der Waals surface area (Å²) in [4.78, 5) is 22.6. The van der Waals surface area contributed by atoms with Crippen LogP contribution in [0.3, 0.4) is 0 Å². The number of hydrogen-bond donors (Lipinski definition) is 2. The summed E-state index contributed by atoms with van der Waals surface area (Å²) in [5.74, 6) is 0.247. The molecule has 1 aliphatic rings. The van der Waals surface area contributed by atoms with Crippen molar-refractivity contribution in [1.82, 2.24) is 5.32 Å². The number of thiophene rings is 1. The molecule has 0 atom stereocenters. The first-order valence-electron chi connectivity index (χ1n) is 8.52. The molecular weight excluding hydrogens is 396 g/mol. The van der Waals surface area contributed by atoms with E-state index in [0.717, 1.165) is 10.4 Å². The molecule has 0 saturated heterocycles. The number of hydrogen-bond acceptors (Lipinski definition) is 7. The number of nitrogens with one attached hydrogen (secondary N) is 2. The van der Waals surface area contributed by atoms with Gasteiger partial charge in [0.25, 0.3) is 5.91 Å². The average molecular weight is 417 g/mol. The molecule has 1 aromatic carbocycles. The molecule has 28 heavy (non-hydrogen) atoms. The number of guanidine groups is 1. The lowest BCUT2D eigenvalue weighted by Gasteiger charge is -2.08. The molecule has 7 nitrogen and oxygen atoms in total. The molecule has 0 bridgehead atoms. The van der Waals surface area contributed by atoms with Crippen LogP contribution < -0.4 is 10.6 Å². The Kier molecular flexibility index (Phi) is 6.05. The van der Waals surface area contributed by atoms with Gasteiger partial charge in [-0.15, -0.1) is 11.3 Å². The number of sulfone groups is 1. The van der Waals surface area contributed by atoms with Crippen LogP contribution in [0.25, 0.3) is 6.08 Å². The van der Waals surface area contributed by atoms with Crippen LogP contribution in [0.15, 0.2) is 51.3 Å². The van der Waals surface area contributed by atoms with E-state index < -0.39 is 9.84 Å². The molecule has 1 aliphatic heterocycles. The fourth-order valence-electron chi connectivity index (χ4n) is 2.52. The molecule has 2 heterocycles. The van der Waals surface area contributed by atoms with Crippen molar-refractivity contribution >= 4 is 51.0 Å². The quantitative estimate of drug-likeness (QED) is 0.803. The fraction of sp³-hybridized carbons (Fsp3) is 0.211. The normalized spacial score (nSPS) is 15.3. The van der Waals surface area contributed by atoms with Crippen LogP contribution >= 0.6 is 11.3 Å². The van der Waals surface area contributed by atoms with Gasteiger partial charge in [-0.25, -0.2) is 18.4 Å². The lowest BCUT2D eigenvalue weighted by molar-refractivity contribution is 0.0967. The highest BCUT2D eigenvalue weighted by Gasteiger charge is 2.13. The molecule has 146 valence electrons. The van der Waals surface area contributed by atoms with Gasteiger partial charge in [-0.1, -0.05) is 12.1 Å². The van der Waals surface area contributed by atoms with Gasteiger partial charge in [-0.2, -0.15) is 0 Å². The van der Waals surface area contributed by atoms with Crippen LogP contribution in [-0.4, -0.2) is 39.8 Å². The van der Waals surface area contributed by atoms with Crippen molar-refractivity contribution in [2.75, 3.05) is 18.6 Å². The maximum atomic E-state index is 11.9. The van der Waals surface area contributed by atoms with Crippen LogP contribution in [0.1, 0.15) is 26.5 Å². The number of benzene rings is 1. The lowest BCUT2D eigenvalue weighted by Crippen LogP contribution is -2.16. The number of allylic oxidation sites excluding steroid dienone is 1. The highest BCUT2D eigenvalue weighted by molar-refractivity contribution is 7.90. The minimum absolute atomic E-state index is 0.128. The van der Waals surface area contributed by atoms with Gasteiger partial charge >= 0.3 is 0 Å². The molecule has 0 fully saturated rings. The van der Waals surface area contributed by atoms with Gasteiger partial charge < -0.3 is 10.6 Å². The minimum atomic E-state index is -3.30. The summed E-state index contributed by atoms with van der Waals surface area (Å²) in [6.45, 7) is 0.346. The van der Waals surface area contributed by atoms with Crippen LogP contribution in [-0.2, 0) is 16.4 Å². The van der Waals surface area contributed by atoms with Gasteiger partial charge in [0.2, 0.25) is 5.96 Å². The molecule has 2 N–H and O–H groups in total. The van der Waals surface area contributed by atoms with Gasteiger partial charge in [0.15, 0.2) is 9.84 Å². The standard InChI is InChI=1S/C19H20N4O3S2/c1-20-18(24)17-10-13-12-22-19(21-9-4-3-8-16(13)27-17)23-14-6-5-7-15(11-14)28(2,25)26/h3,5-11H,4,12H2,1-2H3,(H,20,24)(H,22,23)/b8-3-,21-9?. The van der Waals surface area contributed by atoms with E-state index in [1.54, 1.807) is 37.5 Å². The Hall–Kier alpha value is -2.78. The highest BCUT2D eigenvalue weighted by Crippen LogP contribution is 2.25. The summed E-state index contributed by atoms with van der Waals surface area (Å²) >= 11 is 1.42. The van der Waals surface area contributed by atoms with E-state index in [9.17, 15) is 13.2 Å². The fourth-order valence-corrected chi connectivity index (χ4v) is 4.24. The zero-order chi connectivity index (χ0) is 20.1. The molecule has 0 aliphatic carbocycles. The number of amides is 1. The summed E-state index contributed by atoms with van der Waals surface area (Å²) in [6.07, 6.45) is 7.44. The maximum Gasteiger partial charge on any atom is 0.261 e. The van der Waals surface area contributed by atoms with E-state index in [2.05, 4.69) is 20.6 Å². The Morgan fingerprint density at radius 1 is 1.25 bits per heavy atom. The van der Waals surface area contributed by atoms with Crippen molar-refractivity contribution in [1.29, 1.82) is 0 Å². The van der Waals surface area contributed by atoms with Gasteiger partial charge in [0.1, 0.15) is 0 Å². The summed E-state index contributed by atoms with van der Waals surface area (Å²) < 4.78 is 23.5. The predicted molar refractivity (Wildman–Crippen MR) is 114 cm³/mol. The highest BCUT2D eigenvalue weighted by atomic mass is 32.2. The zero-order valence-corrected chi connectivity index (χ0v) is 17.1. The minimum Gasteiger partial charge on any atom is -0.354 e. The topological polar surface area (TPSA) is 100.0 Å². The third-order valence-corrected chi connectivity index (χ3v) is 6.19. The van der Waals surface area contributed by atoms with E-state index in [0.29, 0.717) is 29.5 Å². The van der Waals surface area contributed by atoms with Gasteiger partial charge in [0, 0.05) is 36.5 Å². The van der Waals surface area contributed by atoms with Crippen LogP contribution in [0.2, 0.25) is 0 Å². The molecule has 3 rings (SSSR count). The molecule has 0 radical (unpaired) electrons. The largest absolute Gasteiger partial charge is 0.354 e. The SMILES string of the molecule is CNC(=O)c1cc2c(s1)/C=C\CC=NC(Nc1cccc(S(C)(=O)=O)c1)=NC2. The summed E-state index contributed by atoms with van der Waals surface area (Å²) in [5, 5.41) is 5.70. The number of fused-ring (bicyclic) bond motifs is 1. The third kappa shape index (κ3) is 4.93. The number of carbonyl (C=O) groups excluding carboxylic acids is 1. The first kappa shape index (κ1) is 20.0. The van der Waals surface area contributed by atoms with E-state index >= 15 is 0 Å². The number of carbonyl (C=O) groups is 1. The lowest BCUT2D eigenvalue weighted by atomic mass is 10.2. The number of aliphatic imine (C=N–C) groups is 2. The van der Waals surface area contributed by atoms with Gasteiger partial charge in [-0.3, -0.25) is 4.79 Å². The Morgan fingerprint density at radius 2 is 2.07 bits per heavy atom. The molecule has 0 unspecified atom stereocenters. The number of nitrogens with zero attached hydrogens (tertiary/aromatic N) is 2. The van der Waals surface area contributed by atoms with Crippen molar-refractivity contribution in [2.45, 2.75) is 17.9 Å². The van der Waals surface area contributed by atoms with Crippen molar-refractivity contribution in [2.24, 2.45) is 9.98 Å². The number of anilines is 1. The monoisotopic (exact) mass is 416 g/mol. The maximum absolute atomic E-state index is 11.9. The van der Waals surface area contributed by atoms with E-state index in [-0.39, 0.29) is 10.8 Å². The average Bonchev–Trinajstić information content (AvgIpc) is 3.08. The van der Waals surface area contributed by atoms with E-state index in [1.807, 2.05) is 18.2 Å². The molecule has 1 aromatic heterocycles. The van der Waals surface area contributed by atoms with Crippen LogP contribution in [0.4, 0.5) is 5.69 Å². The van der Waals surface area contributed by atoms with Crippen LogP contribution in [0.5, 0.6) is 0 Å². The Bertz CT molecular complexity index is 1080. The molecule has 0 saturated carbocycles. The Labute approximate surface area is 167 Å². The van der Waals surface area contributed by atoms with Crippen molar-refractivity contribution < 1.29 is 13.2 Å². The van der Waals surface area contributed by atoms with Crippen molar-refractivity contribution in [3.05, 3.63) is 51.7 Å². The van der Waals surface area contributed by atoms with Crippen molar-refractivity contribution in [3.8, 4) is 0 Å². The summed E-state index contributed by atoms with van der Waals surface area (Å²) in [7, 11) is -1.70. The second-order valence-electron chi connectivity index (χ2n) is 6.09. The Balaban J connectivity index is 1.88. The smallest absolute Gasteiger partial charge is 0.261 e. The third-order valence-electron chi connectivity index (χ3n) is 3.93. The Morgan fingerprint density at radius 3 is 2.82 bits per heavy atom. The van der Waals surface area contributed by atoms with Crippen molar-refractivity contribution in [3.63, 3.8) is 0 Å². The van der Waals surface area contributed by atoms with E-state index in [4.69, 9.17) is 0 Å². The molecule has 1 amide bonds. The molecular formula is C19H20N4O3S2. The van der Waals surface area contributed by atoms with Gasteiger partial charge in [-0.05, 0) is 35.9 Å². The molecule has 0 spiro atoms. The second kappa shape index (κ2) is 8.49. The zero-order valence-electron chi connectivity index (χ0n) is 15.5. The predicted octanol–water partition coefficient (Wildman–Crippen LogP) is 2.97. The second-order valence-corrected chi connectivity index (χ2v) is 9.19. The summed E-state index contributed by atoms with van der Waals surface area (Å²) in [6, 6.07) is 8.34. The first-order chi connectivity index (χ1) is 13.4. The van der Waals surface area contributed by atoms with E-state index in [1.165, 1.54) is 17.6 Å². The van der Waals surface area contributed by atoms with Gasteiger partial charge in [0.05, 0.1) is 16.3 Å². The first-order valence-corrected chi connectivity index (χ1v) is 11.2. The summed E-state index contributed by atoms with van der Waals surface area (Å²) in [5.41, 5.74) is 1.52. The number of rotatable bonds is 3. The van der Waals surface area contributed by atoms with Crippen LogP contribution in [0, 0.1) is 0 Å². The molecule has 9 heteroatoms.